The van der Waals surface area contributed by atoms with E-state index in [1.165, 1.54) is 4.90 Å². The molecule has 1 aromatic carbocycles. The second kappa shape index (κ2) is 6.61. The highest BCUT2D eigenvalue weighted by Crippen LogP contribution is 2.22. The lowest BCUT2D eigenvalue weighted by Gasteiger charge is -2.35. The fourth-order valence-corrected chi connectivity index (χ4v) is 1.88. The average Bonchev–Trinajstić information content (AvgIpc) is 2.30. The van der Waals surface area contributed by atoms with E-state index in [2.05, 4.69) is 5.32 Å². The van der Waals surface area contributed by atoms with Crippen molar-refractivity contribution in [3.63, 3.8) is 0 Å². The van der Waals surface area contributed by atoms with Gasteiger partial charge in [0.2, 0.25) is 0 Å². The number of amides is 2. The highest BCUT2D eigenvalue weighted by Gasteiger charge is 2.27. The molecule has 0 radical (unpaired) electrons. The molecule has 1 aromatic rings. The first kappa shape index (κ1) is 16.3. The number of carboxylic acids is 1. The molecule has 2 amide bonds. The van der Waals surface area contributed by atoms with E-state index >= 15 is 0 Å². The van der Waals surface area contributed by atoms with E-state index in [1.807, 2.05) is 20.8 Å². The standard InChI is InChI=1S/C14H19ClN2O3/c1-14(2,3)17(9-8-12(18)19)13(20)16-11-7-5-4-6-10(11)15/h4-7H,8-9H2,1-3H3,(H,16,20)(H,18,19). The number of carbonyl (C=O) groups is 2. The molecule has 0 spiro atoms. The number of aliphatic carboxylic acids is 1. The van der Waals surface area contributed by atoms with Crippen molar-refractivity contribution < 1.29 is 14.7 Å². The minimum Gasteiger partial charge on any atom is -0.481 e. The number of hydrogen-bond donors (Lipinski definition) is 2. The van der Waals surface area contributed by atoms with Crippen LogP contribution < -0.4 is 5.32 Å². The molecule has 0 unspecified atom stereocenters. The largest absolute Gasteiger partial charge is 0.481 e. The van der Waals surface area contributed by atoms with Crippen LogP contribution in [0.2, 0.25) is 5.02 Å². The topological polar surface area (TPSA) is 69.6 Å². The van der Waals surface area contributed by atoms with Gasteiger partial charge >= 0.3 is 12.0 Å². The minimum absolute atomic E-state index is 0.104. The van der Waals surface area contributed by atoms with Crippen molar-refractivity contribution in [2.75, 3.05) is 11.9 Å². The number of carboxylic acid groups (broad SMARTS) is 1. The Morgan fingerprint density at radius 1 is 1.30 bits per heavy atom. The molecule has 0 atom stereocenters. The summed E-state index contributed by atoms with van der Waals surface area (Å²) < 4.78 is 0. The quantitative estimate of drug-likeness (QED) is 0.894. The van der Waals surface area contributed by atoms with Gasteiger partial charge in [0.05, 0.1) is 17.1 Å². The Hall–Kier alpha value is -1.75. The summed E-state index contributed by atoms with van der Waals surface area (Å²) >= 11 is 5.99. The second-order valence-corrected chi connectivity index (χ2v) is 5.78. The van der Waals surface area contributed by atoms with Gasteiger partial charge in [0.1, 0.15) is 0 Å². The Morgan fingerprint density at radius 3 is 2.40 bits per heavy atom. The van der Waals surface area contributed by atoms with Crippen LogP contribution in [0.15, 0.2) is 24.3 Å². The van der Waals surface area contributed by atoms with Crippen molar-refractivity contribution in [2.45, 2.75) is 32.7 Å². The number of benzene rings is 1. The molecule has 5 nitrogen and oxygen atoms in total. The maximum Gasteiger partial charge on any atom is 0.322 e. The molecule has 0 heterocycles. The zero-order valence-electron chi connectivity index (χ0n) is 11.8. The Balaban J connectivity index is 2.83. The van der Waals surface area contributed by atoms with Crippen LogP contribution in [0.3, 0.4) is 0 Å². The third-order valence-electron chi connectivity index (χ3n) is 2.72. The molecule has 0 aliphatic rings. The molecule has 0 aromatic heterocycles. The second-order valence-electron chi connectivity index (χ2n) is 5.38. The Morgan fingerprint density at radius 2 is 1.90 bits per heavy atom. The van der Waals surface area contributed by atoms with Crippen molar-refractivity contribution in [1.29, 1.82) is 0 Å². The van der Waals surface area contributed by atoms with E-state index in [0.29, 0.717) is 10.7 Å². The smallest absolute Gasteiger partial charge is 0.322 e. The number of para-hydroxylation sites is 1. The number of nitrogens with zero attached hydrogens (tertiary/aromatic N) is 1. The fourth-order valence-electron chi connectivity index (χ4n) is 1.69. The fraction of sp³-hybridized carbons (Fsp3) is 0.429. The maximum atomic E-state index is 12.3. The van der Waals surface area contributed by atoms with Gasteiger partial charge in [-0.1, -0.05) is 23.7 Å². The molecule has 0 aliphatic carbocycles. The van der Waals surface area contributed by atoms with Gasteiger partial charge in [-0.25, -0.2) is 4.79 Å². The van der Waals surface area contributed by atoms with Crippen molar-refractivity contribution >= 4 is 29.3 Å². The van der Waals surface area contributed by atoms with Crippen molar-refractivity contribution in [3.05, 3.63) is 29.3 Å². The van der Waals surface area contributed by atoms with Crippen LogP contribution in [0.1, 0.15) is 27.2 Å². The van der Waals surface area contributed by atoms with E-state index in [4.69, 9.17) is 16.7 Å². The summed E-state index contributed by atoms with van der Waals surface area (Å²) in [7, 11) is 0. The molecule has 1 rings (SSSR count). The third kappa shape index (κ3) is 4.74. The number of nitrogens with one attached hydrogen (secondary N) is 1. The monoisotopic (exact) mass is 298 g/mol. The molecule has 0 aliphatic heterocycles. The maximum absolute atomic E-state index is 12.3. The van der Waals surface area contributed by atoms with Crippen LogP contribution in [0, 0.1) is 0 Å². The van der Waals surface area contributed by atoms with Crippen molar-refractivity contribution in [1.82, 2.24) is 4.90 Å². The van der Waals surface area contributed by atoms with Gasteiger partial charge in [0, 0.05) is 12.1 Å². The first-order valence-electron chi connectivity index (χ1n) is 6.27. The summed E-state index contributed by atoms with van der Waals surface area (Å²) in [5.74, 6) is -0.940. The molecule has 6 heteroatoms. The predicted molar refractivity (Wildman–Crippen MR) is 79.2 cm³/mol. The molecule has 110 valence electrons. The lowest BCUT2D eigenvalue weighted by Crippen LogP contribution is -2.48. The molecule has 2 N–H and O–H groups in total. The highest BCUT2D eigenvalue weighted by molar-refractivity contribution is 6.33. The summed E-state index contributed by atoms with van der Waals surface area (Å²) in [5, 5.41) is 11.9. The van der Waals surface area contributed by atoms with Gasteiger partial charge in [-0.3, -0.25) is 4.79 Å². The average molecular weight is 299 g/mol. The number of halogens is 1. The minimum atomic E-state index is -0.940. The number of urea groups is 1. The molecular formula is C14H19ClN2O3. The van der Waals surface area contributed by atoms with Crippen LogP contribution in [-0.4, -0.2) is 34.1 Å². The number of hydrogen-bond acceptors (Lipinski definition) is 2. The van der Waals surface area contributed by atoms with Crippen LogP contribution in [0.5, 0.6) is 0 Å². The summed E-state index contributed by atoms with van der Waals surface area (Å²) in [6.07, 6.45) is -0.104. The van der Waals surface area contributed by atoms with Gasteiger partial charge in [0.25, 0.3) is 0 Å². The summed E-state index contributed by atoms with van der Waals surface area (Å²) in [5.41, 5.74) is 0.0181. The molecule has 0 saturated heterocycles. The van der Waals surface area contributed by atoms with Crippen LogP contribution in [-0.2, 0) is 4.79 Å². The first-order chi connectivity index (χ1) is 9.21. The highest BCUT2D eigenvalue weighted by atomic mass is 35.5. The van der Waals surface area contributed by atoms with Crippen LogP contribution >= 0.6 is 11.6 Å². The van der Waals surface area contributed by atoms with Crippen LogP contribution in [0.4, 0.5) is 10.5 Å². The van der Waals surface area contributed by atoms with Gasteiger partial charge in [-0.15, -0.1) is 0 Å². The molecule has 0 fully saturated rings. The summed E-state index contributed by atoms with van der Waals surface area (Å²) in [4.78, 5) is 24.5. The summed E-state index contributed by atoms with van der Waals surface area (Å²) in [6, 6.07) is 6.53. The number of carbonyl (C=O) groups excluding carboxylic acids is 1. The van der Waals surface area contributed by atoms with E-state index in [1.54, 1.807) is 24.3 Å². The Kier molecular flexibility index (Phi) is 5.39. The van der Waals surface area contributed by atoms with E-state index in [-0.39, 0.29) is 19.0 Å². The zero-order chi connectivity index (χ0) is 15.3. The van der Waals surface area contributed by atoms with E-state index in [0.717, 1.165) is 0 Å². The predicted octanol–water partition coefficient (Wildman–Crippen LogP) is 3.45. The van der Waals surface area contributed by atoms with Gasteiger partial charge < -0.3 is 15.3 Å². The molecule has 20 heavy (non-hydrogen) atoms. The molecule has 0 saturated carbocycles. The Labute approximate surface area is 123 Å². The van der Waals surface area contributed by atoms with Crippen LogP contribution in [0.25, 0.3) is 0 Å². The lowest BCUT2D eigenvalue weighted by molar-refractivity contribution is -0.137. The van der Waals surface area contributed by atoms with Gasteiger partial charge in [-0.2, -0.15) is 0 Å². The number of anilines is 1. The van der Waals surface area contributed by atoms with E-state index < -0.39 is 11.5 Å². The normalized spacial score (nSPS) is 11.0. The third-order valence-corrected chi connectivity index (χ3v) is 3.05. The zero-order valence-corrected chi connectivity index (χ0v) is 12.6. The van der Waals surface area contributed by atoms with E-state index in [9.17, 15) is 9.59 Å². The molecular weight excluding hydrogens is 280 g/mol. The lowest BCUT2D eigenvalue weighted by atomic mass is 10.1. The van der Waals surface area contributed by atoms with Gasteiger partial charge in [-0.05, 0) is 32.9 Å². The number of rotatable bonds is 4. The summed E-state index contributed by atoms with van der Waals surface area (Å²) in [6.45, 7) is 5.68. The van der Waals surface area contributed by atoms with Crippen molar-refractivity contribution in [3.8, 4) is 0 Å². The SMILES string of the molecule is CC(C)(C)N(CCC(=O)O)C(=O)Nc1ccccc1Cl. The first-order valence-corrected chi connectivity index (χ1v) is 6.64. The van der Waals surface area contributed by atoms with Gasteiger partial charge in [0.15, 0.2) is 0 Å². The molecule has 0 bridgehead atoms. The van der Waals surface area contributed by atoms with Crippen molar-refractivity contribution in [2.24, 2.45) is 0 Å². The Bertz CT molecular complexity index is 497.